The van der Waals surface area contributed by atoms with Gasteiger partial charge in [-0.2, -0.15) is 37.9 Å². The number of benzene rings is 1. The number of thiol groups is 4. The van der Waals surface area contributed by atoms with Gasteiger partial charge in [-0.15, -0.1) is 0 Å². The van der Waals surface area contributed by atoms with E-state index in [1.165, 1.54) is 5.56 Å². The summed E-state index contributed by atoms with van der Waals surface area (Å²) in [5.74, 6) is 1.67. The maximum Gasteiger partial charge on any atom is 0.137 e. The summed E-state index contributed by atoms with van der Waals surface area (Å²) in [7, 11) is 0. The van der Waals surface area contributed by atoms with Crippen LogP contribution in [0.2, 0.25) is 0 Å². The molecule has 0 aromatic heterocycles. The quantitative estimate of drug-likeness (QED) is 0.416. The number of rotatable bonds is 8. The van der Waals surface area contributed by atoms with Gasteiger partial charge < -0.3 is 4.18 Å². The first kappa shape index (κ1) is 16.5. The summed E-state index contributed by atoms with van der Waals surface area (Å²) in [5.41, 5.74) is 1.27. The molecule has 0 amide bonds. The Hall–Kier alpha value is 0.420. The summed E-state index contributed by atoms with van der Waals surface area (Å²) >= 11 is 17.1. The van der Waals surface area contributed by atoms with E-state index in [1.807, 2.05) is 12.1 Å². The summed E-state index contributed by atoms with van der Waals surface area (Å²) in [5, 5.41) is 0.819. The van der Waals surface area contributed by atoms with Crippen molar-refractivity contribution >= 4 is 50.8 Å². The van der Waals surface area contributed by atoms with E-state index in [4.69, 9.17) is 4.18 Å². The van der Waals surface area contributed by atoms with Crippen molar-refractivity contribution in [3.05, 3.63) is 29.8 Å². The molecule has 1 aromatic rings. The topological polar surface area (TPSA) is 9.23 Å². The molecule has 2 unspecified atom stereocenters. The van der Waals surface area contributed by atoms with Crippen LogP contribution in [0.5, 0.6) is 5.75 Å². The smallest absolute Gasteiger partial charge is 0.137 e. The third-order valence-electron chi connectivity index (χ3n) is 2.80. The van der Waals surface area contributed by atoms with Gasteiger partial charge in [0.05, 0.1) is 0 Å². The highest BCUT2D eigenvalue weighted by molar-refractivity contribution is 7.81. The Morgan fingerprint density at radius 3 is 2.11 bits per heavy atom. The molecule has 0 saturated heterocycles. The highest BCUT2D eigenvalue weighted by Crippen LogP contribution is 2.19. The Bertz CT molecular complexity index is 328. The predicted molar refractivity (Wildman–Crippen MR) is 93.0 cm³/mol. The van der Waals surface area contributed by atoms with Crippen LogP contribution in [0.4, 0.5) is 0 Å². The van der Waals surface area contributed by atoms with Gasteiger partial charge in [0, 0.05) is 23.4 Å². The van der Waals surface area contributed by atoms with Crippen molar-refractivity contribution in [2.45, 2.75) is 36.2 Å². The molecule has 18 heavy (non-hydrogen) atoms. The fourth-order valence-electron chi connectivity index (χ4n) is 1.74. The molecule has 0 radical (unpaired) electrons. The lowest BCUT2D eigenvalue weighted by atomic mass is 10.0. The summed E-state index contributed by atoms with van der Waals surface area (Å²) in [4.78, 5) is 0. The zero-order valence-electron chi connectivity index (χ0n) is 10.2. The van der Waals surface area contributed by atoms with Crippen LogP contribution in [0.25, 0.3) is 0 Å². The molecule has 0 saturated carbocycles. The minimum absolute atomic E-state index is 0.377. The van der Waals surface area contributed by atoms with Gasteiger partial charge in [0.2, 0.25) is 0 Å². The Kier molecular flexibility index (Phi) is 8.55. The molecule has 0 bridgehead atoms. The molecule has 0 heterocycles. The second-order valence-electron chi connectivity index (χ2n) is 4.34. The molecular formula is C13H20OS4. The minimum atomic E-state index is 0.377. The van der Waals surface area contributed by atoms with Crippen molar-refractivity contribution in [2.75, 3.05) is 5.75 Å². The Morgan fingerprint density at radius 2 is 1.56 bits per heavy atom. The Labute approximate surface area is 132 Å². The van der Waals surface area contributed by atoms with E-state index in [1.54, 1.807) is 0 Å². The molecule has 0 aliphatic heterocycles. The molecule has 2 atom stereocenters. The van der Waals surface area contributed by atoms with E-state index < -0.39 is 0 Å². The average Bonchev–Trinajstić information content (AvgIpc) is 2.38. The Balaban J connectivity index is 2.32. The summed E-state index contributed by atoms with van der Waals surface area (Å²) in [6, 6.07) is 7.96. The largest absolute Gasteiger partial charge is 0.429 e. The molecular weight excluding hydrogens is 300 g/mol. The van der Waals surface area contributed by atoms with E-state index in [2.05, 4.69) is 62.9 Å². The molecule has 0 aliphatic rings. The first-order valence-electron chi connectivity index (χ1n) is 6.03. The monoisotopic (exact) mass is 320 g/mol. The van der Waals surface area contributed by atoms with Crippen LogP contribution in [-0.4, -0.2) is 16.3 Å². The number of hydrogen-bond acceptors (Lipinski definition) is 5. The van der Waals surface area contributed by atoms with Crippen LogP contribution >= 0.6 is 50.8 Å². The van der Waals surface area contributed by atoms with Crippen LogP contribution in [0.1, 0.15) is 24.8 Å². The molecule has 0 spiro atoms. The molecule has 1 nitrogen and oxygen atoms in total. The maximum absolute atomic E-state index is 4.84. The van der Waals surface area contributed by atoms with Crippen LogP contribution in [-0.2, 0) is 6.42 Å². The van der Waals surface area contributed by atoms with E-state index in [0.717, 1.165) is 37.2 Å². The van der Waals surface area contributed by atoms with Gasteiger partial charge in [-0.05, 0) is 49.1 Å². The van der Waals surface area contributed by atoms with Gasteiger partial charge in [0.15, 0.2) is 0 Å². The molecule has 0 fully saturated rings. The van der Waals surface area contributed by atoms with E-state index in [-0.39, 0.29) is 0 Å². The van der Waals surface area contributed by atoms with Gasteiger partial charge in [-0.3, -0.25) is 0 Å². The van der Waals surface area contributed by atoms with Gasteiger partial charge in [-0.1, -0.05) is 12.1 Å². The van der Waals surface area contributed by atoms with E-state index >= 15 is 0 Å². The molecule has 1 rings (SSSR count). The van der Waals surface area contributed by atoms with Gasteiger partial charge in [-0.25, -0.2) is 0 Å². The van der Waals surface area contributed by atoms with E-state index in [0.29, 0.717) is 10.5 Å². The maximum atomic E-state index is 4.84. The lowest BCUT2D eigenvalue weighted by molar-refractivity contribution is 0.653. The summed E-state index contributed by atoms with van der Waals surface area (Å²) < 4.78 is 4.84. The van der Waals surface area contributed by atoms with Crippen molar-refractivity contribution in [3.63, 3.8) is 0 Å². The number of hydrogen-bond donors (Lipinski definition) is 4. The van der Waals surface area contributed by atoms with Crippen molar-refractivity contribution in [1.29, 1.82) is 0 Å². The molecule has 5 heteroatoms. The third-order valence-corrected chi connectivity index (χ3v) is 4.22. The van der Waals surface area contributed by atoms with Crippen LogP contribution in [0, 0.1) is 0 Å². The zero-order chi connectivity index (χ0) is 13.4. The zero-order valence-corrected chi connectivity index (χ0v) is 13.8. The van der Waals surface area contributed by atoms with Gasteiger partial charge in [0.25, 0.3) is 0 Å². The van der Waals surface area contributed by atoms with E-state index in [9.17, 15) is 0 Å². The van der Waals surface area contributed by atoms with Crippen LogP contribution in [0.3, 0.4) is 0 Å². The lowest BCUT2D eigenvalue weighted by Crippen LogP contribution is -2.08. The van der Waals surface area contributed by atoms with Gasteiger partial charge in [0.1, 0.15) is 5.75 Å². The predicted octanol–water partition coefficient (Wildman–Crippen LogP) is 4.15. The first-order chi connectivity index (χ1) is 8.65. The normalized spacial score (nSPS) is 14.2. The van der Waals surface area contributed by atoms with Crippen LogP contribution in [0.15, 0.2) is 24.3 Å². The fourth-order valence-corrected chi connectivity index (χ4v) is 3.01. The molecule has 0 aliphatic carbocycles. The lowest BCUT2D eigenvalue weighted by Gasteiger charge is -2.14. The standard InChI is InChI=1S/C13H20OS4/c15-8-7-12(16)5-6-13(17)9-10-1-3-11(14-18)4-2-10/h1-4,12-13,15-18H,5-9H2. The first-order valence-corrected chi connectivity index (χ1v) is 8.06. The SMILES string of the molecule is SCCC(S)CCC(S)Cc1ccc(OS)cc1. The second-order valence-corrected chi connectivity index (χ2v) is 6.43. The molecule has 1 aromatic carbocycles. The average molecular weight is 321 g/mol. The highest BCUT2D eigenvalue weighted by atomic mass is 32.1. The third kappa shape index (κ3) is 6.55. The van der Waals surface area contributed by atoms with Crippen molar-refractivity contribution in [3.8, 4) is 5.75 Å². The molecule has 102 valence electrons. The second kappa shape index (κ2) is 9.34. The van der Waals surface area contributed by atoms with Crippen LogP contribution < -0.4 is 4.18 Å². The minimum Gasteiger partial charge on any atom is -0.429 e. The summed E-state index contributed by atoms with van der Waals surface area (Å²) in [6.07, 6.45) is 4.20. The highest BCUT2D eigenvalue weighted by Gasteiger charge is 2.08. The van der Waals surface area contributed by atoms with Crippen molar-refractivity contribution in [2.24, 2.45) is 0 Å². The van der Waals surface area contributed by atoms with Crippen molar-refractivity contribution < 1.29 is 4.18 Å². The van der Waals surface area contributed by atoms with Gasteiger partial charge >= 0.3 is 0 Å². The summed E-state index contributed by atoms with van der Waals surface area (Å²) in [6.45, 7) is 0. The fraction of sp³-hybridized carbons (Fsp3) is 0.538. The Morgan fingerprint density at radius 1 is 0.944 bits per heavy atom. The van der Waals surface area contributed by atoms with Crippen molar-refractivity contribution in [1.82, 2.24) is 0 Å². The molecule has 0 N–H and O–H groups in total.